The van der Waals surface area contributed by atoms with Crippen LogP contribution in [-0.4, -0.2) is 22.8 Å². The zero-order valence-electron chi connectivity index (χ0n) is 9.49. The van der Waals surface area contributed by atoms with Gasteiger partial charge in [-0.3, -0.25) is 15.4 Å². The number of rotatable bonds is 2. The van der Waals surface area contributed by atoms with E-state index >= 15 is 0 Å². The monoisotopic (exact) mass is 283 g/mol. The molecule has 0 aliphatic rings. The van der Waals surface area contributed by atoms with E-state index in [9.17, 15) is 9.59 Å². The number of urea groups is 1. The van der Waals surface area contributed by atoms with E-state index in [1.165, 1.54) is 11.3 Å². The summed E-state index contributed by atoms with van der Waals surface area (Å²) < 4.78 is 0.981. The Morgan fingerprint density at radius 2 is 2.22 bits per heavy atom. The summed E-state index contributed by atoms with van der Waals surface area (Å²) in [5.74, 6) is -0.807. The highest BCUT2D eigenvalue weighted by atomic mass is 35.5. The number of nitrogens with zero attached hydrogens (tertiary/aromatic N) is 1. The summed E-state index contributed by atoms with van der Waals surface area (Å²) in [5.41, 5.74) is 1.93. The SMILES string of the molecule is Cc1ccc2nc(NC(=O)NC(=O)CCl)sc2c1. The maximum atomic E-state index is 11.4. The van der Waals surface area contributed by atoms with Gasteiger partial charge in [-0.15, -0.1) is 11.6 Å². The van der Waals surface area contributed by atoms with Crippen LogP contribution in [0.1, 0.15) is 5.56 Å². The van der Waals surface area contributed by atoms with Crippen molar-refractivity contribution in [2.24, 2.45) is 0 Å². The molecule has 0 radical (unpaired) electrons. The fourth-order valence-corrected chi connectivity index (χ4v) is 2.40. The second-order valence-electron chi connectivity index (χ2n) is 3.63. The van der Waals surface area contributed by atoms with E-state index in [0.717, 1.165) is 15.8 Å². The van der Waals surface area contributed by atoms with Crippen LogP contribution in [0.3, 0.4) is 0 Å². The molecule has 0 unspecified atom stereocenters. The quantitative estimate of drug-likeness (QED) is 0.832. The first-order chi connectivity index (χ1) is 8.58. The minimum atomic E-state index is -0.628. The Kier molecular flexibility index (Phi) is 3.78. The number of carbonyl (C=O) groups excluding carboxylic acids is 2. The van der Waals surface area contributed by atoms with Gasteiger partial charge in [0.15, 0.2) is 5.13 Å². The minimum Gasteiger partial charge on any atom is -0.283 e. The molecule has 0 bridgehead atoms. The zero-order chi connectivity index (χ0) is 13.1. The molecular weight excluding hydrogens is 274 g/mol. The van der Waals surface area contributed by atoms with Gasteiger partial charge in [0, 0.05) is 0 Å². The van der Waals surface area contributed by atoms with Crippen molar-refractivity contribution in [1.82, 2.24) is 10.3 Å². The largest absolute Gasteiger partial charge is 0.327 e. The summed E-state index contributed by atoms with van der Waals surface area (Å²) >= 11 is 6.62. The van der Waals surface area contributed by atoms with Crippen molar-refractivity contribution in [3.05, 3.63) is 23.8 Å². The highest BCUT2D eigenvalue weighted by Crippen LogP contribution is 2.26. The number of carbonyl (C=O) groups is 2. The smallest absolute Gasteiger partial charge is 0.283 e. The van der Waals surface area contributed by atoms with E-state index in [4.69, 9.17) is 11.6 Å². The van der Waals surface area contributed by atoms with Crippen LogP contribution in [-0.2, 0) is 4.79 Å². The van der Waals surface area contributed by atoms with Gasteiger partial charge in [0.2, 0.25) is 5.91 Å². The number of fused-ring (bicyclic) bond motifs is 1. The summed E-state index contributed by atoms with van der Waals surface area (Å²) in [6.07, 6.45) is 0. The lowest BCUT2D eigenvalue weighted by atomic mass is 10.2. The van der Waals surface area contributed by atoms with Crippen LogP contribution in [0.4, 0.5) is 9.93 Å². The molecule has 7 heteroatoms. The van der Waals surface area contributed by atoms with Crippen molar-refractivity contribution in [1.29, 1.82) is 0 Å². The second-order valence-corrected chi connectivity index (χ2v) is 4.92. The fourth-order valence-electron chi connectivity index (χ4n) is 1.37. The van der Waals surface area contributed by atoms with Crippen molar-refractivity contribution in [3.63, 3.8) is 0 Å². The molecule has 18 heavy (non-hydrogen) atoms. The number of benzene rings is 1. The van der Waals surface area contributed by atoms with Crippen LogP contribution in [0.15, 0.2) is 18.2 Å². The number of aromatic nitrogens is 1. The Hall–Kier alpha value is -1.66. The normalized spacial score (nSPS) is 10.3. The van der Waals surface area contributed by atoms with Crippen molar-refractivity contribution in [3.8, 4) is 0 Å². The summed E-state index contributed by atoms with van der Waals surface area (Å²) in [5, 5.41) is 5.01. The molecule has 1 aromatic carbocycles. The molecule has 0 saturated carbocycles. The van der Waals surface area contributed by atoms with Crippen molar-refractivity contribution < 1.29 is 9.59 Å². The molecule has 94 valence electrons. The molecule has 0 aliphatic heterocycles. The number of halogens is 1. The molecule has 2 aromatic rings. The molecule has 0 atom stereocenters. The van der Waals surface area contributed by atoms with Gasteiger partial charge in [-0.25, -0.2) is 9.78 Å². The molecule has 2 rings (SSSR count). The summed E-state index contributed by atoms with van der Waals surface area (Å²) in [7, 11) is 0. The van der Waals surface area contributed by atoms with Crippen LogP contribution >= 0.6 is 22.9 Å². The maximum Gasteiger partial charge on any atom is 0.327 e. The van der Waals surface area contributed by atoms with Crippen molar-refractivity contribution in [2.75, 3.05) is 11.2 Å². The zero-order valence-corrected chi connectivity index (χ0v) is 11.1. The molecule has 5 nitrogen and oxygen atoms in total. The lowest BCUT2D eigenvalue weighted by molar-refractivity contribution is -0.117. The Balaban J connectivity index is 2.12. The second kappa shape index (κ2) is 5.32. The Labute approximate surface area is 112 Å². The van der Waals surface area contributed by atoms with Gasteiger partial charge in [0.05, 0.1) is 10.2 Å². The molecule has 0 aliphatic carbocycles. The topological polar surface area (TPSA) is 71.1 Å². The van der Waals surface area contributed by atoms with Gasteiger partial charge in [-0.2, -0.15) is 0 Å². The van der Waals surface area contributed by atoms with Gasteiger partial charge < -0.3 is 0 Å². The van der Waals surface area contributed by atoms with E-state index in [0.29, 0.717) is 5.13 Å². The van der Waals surface area contributed by atoms with Crippen LogP contribution in [0.5, 0.6) is 0 Å². The Morgan fingerprint density at radius 1 is 1.44 bits per heavy atom. The minimum absolute atomic E-state index is 0.257. The molecule has 1 heterocycles. The predicted octanol–water partition coefficient (Wildman–Crippen LogP) is 2.49. The Bertz CT molecular complexity index is 611. The number of alkyl halides is 1. The Morgan fingerprint density at radius 3 is 2.94 bits per heavy atom. The van der Waals surface area contributed by atoms with E-state index in [2.05, 4.69) is 15.6 Å². The molecular formula is C11H10ClN3O2S. The van der Waals surface area contributed by atoms with Gasteiger partial charge in [0.25, 0.3) is 0 Å². The van der Waals surface area contributed by atoms with Crippen molar-refractivity contribution in [2.45, 2.75) is 6.92 Å². The van der Waals surface area contributed by atoms with Gasteiger partial charge >= 0.3 is 6.03 Å². The van der Waals surface area contributed by atoms with E-state index in [1.807, 2.05) is 25.1 Å². The first-order valence-electron chi connectivity index (χ1n) is 5.12. The number of imide groups is 1. The molecule has 2 N–H and O–H groups in total. The molecule has 0 spiro atoms. The molecule has 0 saturated heterocycles. The van der Waals surface area contributed by atoms with Gasteiger partial charge in [0.1, 0.15) is 5.88 Å². The number of thiazole rings is 1. The van der Waals surface area contributed by atoms with Gasteiger partial charge in [-0.1, -0.05) is 17.4 Å². The van der Waals surface area contributed by atoms with Crippen LogP contribution in [0, 0.1) is 6.92 Å². The first-order valence-corrected chi connectivity index (χ1v) is 6.47. The summed E-state index contributed by atoms with van der Waals surface area (Å²) in [6, 6.07) is 5.19. The molecule has 0 fully saturated rings. The number of hydrogen-bond donors (Lipinski definition) is 2. The first kappa shape index (κ1) is 12.8. The number of aryl methyl sites for hydroxylation is 1. The van der Waals surface area contributed by atoms with E-state index < -0.39 is 11.9 Å². The van der Waals surface area contributed by atoms with E-state index in [1.54, 1.807) is 0 Å². The third kappa shape index (κ3) is 2.96. The number of nitrogens with one attached hydrogen (secondary N) is 2. The average Bonchev–Trinajstić information content (AvgIpc) is 2.69. The maximum absolute atomic E-state index is 11.4. The number of amides is 3. The molecule has 3 amide bonds. The lowest BCUT2D eigenvalue weighted by Crippen LogP contribution is -2.35. The van der Waals surface area contributed by atoms with Crippen LogP contribution in [0.25, 0.3) is 10.2 Å². The third-order valence-corrected chi connectivity index (χ3v) is 3.32. The summed E-state index contributed by atoms with van der Waals surface area (Å²) in [4.78, 5) is 26.5. The van der Waals surface area contributed by atoms with E-state index in [-0.39, 0.29) is 5.88 Å². The highest BCUT2D eigenvalue weighted by Gasteiger charge is 2.09. The highest BCUT2D eigenvalue weighted by molar-refractivity contribution is 7.22. The summed E-state index contributed by atoms with van der Waals surface area (Å²) in [6.45, 7) is 1.98. The van der Waals surface area contributed by atoms with Crippen LogP contribution < -0.4 is 10.6 Å². The average molecular weight is 284 g/mol. The van der Waals surface area contributed by atoms with Gasteiger partial charge in [-0.05, 0) is 24.6 Å². The third-order valence-electron chi connectivity index (χ3n) is 2.14. The standard InChI is InChI=1S/C11H10ClN3O2S/c1-6-2-3-7-8(4-6)18-11(13-7)15-10(17)14-9(16)5-12/h2-4H,5H2,1H3,(H2,13,14,15,16,17). The van der Waals surface area contributed by atoms with Crippen LogP contribution in [0.2, 0.25) is 0 Å². The fraction of sp³-hybridized carbons (Fsp3) is 0.182. The lowest BCUT2D eigenvalue weighted by Gasteiger charge is -2.00. The molecule has 1 aromatic heterocycles. The number of anilines is 1. The van der Waals surface area contributed by atoms with Crippen molar-refractivity contribution >= 4 is 50.2 Å². The predicted molar refractivity (Wildman–Crippen MR) is 72.2 cm³/mol. The number of hydrogen-bond acceptors (Lipinski definition) is 4.